The molecule has 2 N–H and O–H groups in total. The third kappa shape index (κ3) is 2.36. The Kier molecular flexibility index (Phi) is 3.04. The summed E-state index contributed by atoms with van der Waals surface area (Å²) in [7, 11) is 0. The Morgan fingerprint density at radius 1 is 1.14 bits per heavy atom. The molecular weight excluding hydrogens is 262 g/mol. The molecule has 0 saturated carbocycles. The molecule has 2 aliphatic rings. The van der Waals surface area contributed by atoms with Gasteiger partial charge in [-0.25, -0.2) is 4.79 Å². The minimum atomic E-state index is -0.0310. The van der Waals surface area contributed by atoms with Gasteiger partial charge in [-0.1, -0.05) is 30.3 Å². The van der Waals surface area contributed by atoms with Gasteiger partial charge < -0.3 is 10.6 Å². The van der Waals surface area contributed by atoms with Crippen LogP contribution in [0.1, 0.15) is 19.3 Å². The number of benzene rings is 1. The number of hydrogen-bond acceptors (Lipinski definition) is 2. The zero-order valence-corrected chi connectivity index (χ0v) is 11.8. The van der Waals surface area contributed by atoms with Gasteiger partial charge in [-0.3, -0.25) is 4.57 Å². The summed E-state index contributed by atoms with van der Waals surface area (Å²) in [4.78, 5) is 12.3. The highest BCUT2D eigenvalue weighted by molar-refractivity contribution is 5.79. The molecule has 0 unspecified atom stereocenters. The van der Waals surface area contributed by atoms with Gasteiger partial charge in [0.25, 0.3) is 0 Å². The van der Waals surface area contributed by atoms with Crippen molar-refractivity contribution in [2.75, 3.05) is 0 Å². The standard InChI is InChI=1S/C17H19N3O/c21-17(19-16-10-14-6-7-15(16)18-14)20-9-8-13(11-20)12-4-2-1-3-5-12/h1-5,8-9,11,14-16,18H,6-7,10H2,(H,19,21)/t14-,15+,16-/m1/s1. The molecule has 4 rings (SSSR count). The lowest BCUT2D eigenvalue weighted by Crippen LogP contribution is -2.44. The highest BCUT2D eigenvalue weighted by Gasteiger charge is 2.39. The molecule has 0 spiro atoms. The van der Waals surface area contributed by atoms with Crippen LogP contribution in [-0.4, -0.2) is 28.7 Å². The largest absolute Gasteiger partial charge is 0.333 e. The van der Waals surface area contributed by atoms with Gasteiger partial charge in [-0.2, -0.15) is 0 Å². The number of hydrogen-bond donors (Lipinski definition) is 2. The summed E-state index contributed by atoms with van der Waals surface area (Å²) >= 11 is 0. The Morgan fingerprint density at radius 3 is 2.71 bits per heavy atom. The SMILES string of the molecule is O=C(N[C@@H]1C[C@H]2CC[C@@H]1N2)n1ccc(-c2ccccc2)c1. The number of aromatic nitrogens is 1. The molecule has 1 aromatic carbocycles. The smallest absolute Gasteiger partial charge is 0.325 e. The van der Waals surface area contributed by atoms with E-state index in [2.05, 4.69) is 22.8 Å². The minimum absolute atomic E-state index is 0.0310. The quantitative estimate of drug-likeness (QED) is 0.889. The molecule has 2 saturated heterocycles. The number of rotatable bonds is 2. The number of fused-ring (bicyclic) bond motifs is 2. The van der Waals surface area contributed by atoms with Crippen molar-refractivity contribution in [3.8, 4) is 11.1 Å². The molecule has 21 heavy (non-hydrogen) atoms. The predicted octanol–water partition coefficient (Wildman–Crippen LogP) is 2.61. The van der Waals surface area contributed by atoms with E-state index in [9.17, 15) is 4.79 Å². The van der Waals surface area contributed by atoms with Crippen molar-refractivity contribution in [3.05, 3.63) is 48.8 Å². The first-order chi connectivity index (χ1) is 10.3. The van der Waals surface area contributed by atoms with E-state index in [0.29, 0.717) is 12.1 Å². The van der Waals surface area contributed by atoms with Crippen LogP contribution in [0.3, 0.4) is 0 Å². The van der Waals surface area contributed by atoms with E-state index in [1.165, 1.54) is 12.8 Å². The molecule has 2 aromatic rings. The van der Waals surface area contributed by atoms with Crippen LogP contribution in [0.5, 0.6) is 0 Å². The van der Waals surface area contributed by atoms with Gasteiger partial charge in [0.05, 0.1) is 0 Å². The van der Waals surface area contributed by atoms with Gasteiger partial charge in [-0.15, -0.1) is 0 Å². The highest BCUT2D eigenvalue weighted by atomic mass is 16.2. The average Bonchev–Trinajstić information content (AvgIpc) is 3.24. The van der Waals surface area contributed by atoms with E-state index in [0.717, 1.165) is 17.5 Å². The van der Waals surface area contributed by atoms with Crippen molar-refractivity contribution in [3.63, 3.8) is 0 Å². The minimum Gasteiger partial charge on any atom is -0.333 e. The average molecular weight is 281 g/mol. The topological polar surface area (TPSA) is 46.1 Å². The number of carbonyl (C=O) groups is 1. The van der Waals surface area contributed by atoms with Crippen molar-refractivity contribution in [1.29, 1.82) is 0 Å². The van der Waals surface area contributed by atoms with E-state index in [1.54, 1.807) is 4.57 Å². The van der Waals surface area contributed by atoms with E-state index in [-0.39, 0.29) is 12.1 Å². The molecule has 2 fully saturated rings. The zero-order chi connectivity index (χ0) is 14.2. The van der Waals surface area contributed by atoms with Crippen LogP contribution in [0.15, 0.2) is 48.8 Å². The molecule has 2 aliphatic heterocycles. The summed E-state index contributed by atoms with van der Waals surface area (Å²) in [5, 5.41) is 6.69. The highest BCUT2D eigenvalue weighted by Crippen LogP contribution is 2.28. The van der Waals surface area contributed by atoms with E-state index >= 15 is 0 Å². The number of nitrogens with one attached hydrogen (secondary N) is 2. The third-order valence-electron chi connectivity index (χ3n) is 4.64. The second-order valence-corrected chi connectivity index (χ2v) is 6.01. The van der Waals surface area contributed by atoms with Gasteiger partial charge in [0, 0.05) is 30.5 Å². The van der Waals surface area contributed by atoms with Gasteiger partial charge in [-0.05, 0) is 36.5 Å². The summed E-state index contributed by atoms with van der Waals surface area (Å²) < 4.78 is 1.65. The fraction of sp³-hybridized carbons (Fsp3) is 0.353. The van der Waals surface area contributed by atoms with E-state index in [1.807, 2.05) is 36.7 Å². The molecule has 3 heterocycles. The predicted molar refractivity (Wildman–Crippen MR) is 82.1 cm³/mol. The fourth-order valence-electron chi connectivity index (χ4n) is 3.54. The molecule has 3 atom stereocenters. The molecule has 108 valence electrons. The van der Waals surface area contributed by atoms with Gasteiger partial charge in [0.2, 0.25) is 0 Å². The third-order valence-corrected chi connectivity index (χ3v) is 4.64. The molecule has 0 radical (unpaired) electrons. The van der Waals surface area contributed by atoms with Crippen LogP contribution >= 0.6 is 0 Å². The fourth-order valence-corrected chi connectivity index (χ4v) is 3.54. The van der Waals surface area contributed by atoms with Crippen molar-refractivity contribution >= 4 is 6.03 Å². The number of amides is 1. The summed E-state index contributed by atoms with van der Waals surface area (Å²) in [6.45, 7) is 0. The molecular formula is C17H19N3O. The van der Waals surface area contributed by atoms with Crippen molar-refractivity contribution < 1.29 is 4.79 Å². The van der Waals surface area contributed by atoms with Crippen LogP contribution in [0.2, 0.25) is 0 Å². The Labute approximate surface area is 124 Å². The van der Waals surface area contributed by atoms with Crippen LogP contribution in [0.4, 0.5) is 4.79 Å². The van der Waals surface area contributed by atoms with Crippen LogP contribution in [-0.2, 0) is 0 Å². The number of nitrogens with zero attached hydrogens (tertiary/aromatic N) is 1. The monoisotopic (exact) mass is 281 g/mol. The first kappa shape index (κ1) is 12.7. The Morgan fingerprint density at radius 2 is 2.00 bits per heavy atom. The van der Waals surface area contributed by atoms with Gasteiger partial charge in [0.15, 0.2) is 0 Å². The maximum Gasteiger partial charge on any atom is 0.325 e. The number of carbonyl (C=O) groups excluding carboxylic acids is 1. The van der Waals surface area contributed by atoms with Gasteiger partial charge in [0.1, 0.15) is 0 Å². The lowest BCUT2D eigenvalue weighted by atomic mass is 9.96. The second kappa shape index (κ2) is 5.04. The lowest BCUT2D eigenvalue weighted by molar-refractivity contribution is 0.236. The van der Waals surface area contributed by atoms with Gasteiger partial charge >= 0.3 is 6.03 Å². The Hall–Kier alpha value is -2.07. The van der Waals surface area contributed by atoms with E-state index in [4.69, 9.17) is 0 Å². The summed E-state index contributed by atoms with van der Waals surface area (Å²) in [5.41, 5.74) is 2.20. The summed E-state index contributed by atoms with van der Waals surface area (Å²) in [5.74, 6) is 0. The van der Waals surface area contributed by atoms with Crippen molar-refractivity contribution in [2.45, 2.75) is 37.4 Å². The molecule has 2 bridgehead atoms. The maximum atomic E-state index is 12.3. The molecule has 0 aliphatic carbocycles. The van der Waals surface area contributed by atoms with Crippen LogP contribution < -0.4 is 10.6 Å². The second-order valence-electron chi connectivity index (χ2n) is 6.01. The molecule has 1 aromatic heterocycles. The molecule has 4 heteroatoms. The normalized spacial score (nSPS) is 27.0. The lowest BCUT2D eigenvalue weighted by Gasteiger charge is -2.21. The summed E-state index contributed by atoms with van der Waals surface area (Å²) in [6.07, 6.45) is 7.21. The summed E-state index contributed by atoms with van der Waals surface area (Å²) in [6, 6.07) is 13.4. The Bertz CT molecular complexity index is 649. The zero-order valence-electron chi connectivity index (χ0n) is 11.8. The maximum absolute atomic E-state index is 12.3. The van der Waals surface area contributed by atoms with Crippen LogP contribution in [0, 0.1) is 0 Å². The first-order valence-corrected chi connectivity index (χ1v) is 7.60. The van der Waals surface area contributed by atoms with E-state index < -0.39 is 0 Å². The molecule has 4 nitrogen and oxygen atoms in total. The Balaban J connectivity index is 1.47. The first-order valence-electron chi connectivity index (χ1n) is 7.60. The van der Waals surface area contributed by atoms with Crippen molar-refractivity contribution in [1.82, 2.24) is 15.2 Å². The van der Waals surface area contributed by atoms with Crippen LogP contribution in [0.25, 0.3) is 11.1 Å². The van der Waals surface area contributed by atoms with Crippen molar-refractivity contribution in [2.24, 2.45) is 0 Å². The molecule has 1 amide bonds.